The summed E-state index contributed by atoms with van der Waals surface area (Å²) in [5.74, 6) is 0.418. The molecule has 10 heteroatoms. The van der Waals surface area contributed by atoms with Crippen LogP contribution in [0, 0.1) is 5.82 Å². The Morgan fingerprint density at radius 1 is 1.23 bits per heavy atom. The van der Waals surface area contributed by atoms with Gasteiger partial charge in [0.1, 0.15) is 29.5 Å². The number of methoxy groups -OCH3 is 1. The number of nitrogens with zero attached hydrogens (tertiary/aromatic N) is 3. The van der Waals surface area contributed by atoms with E-state index in [0.29, 0.717) is 39.7 Å². The molecule has 152 valence electrons. The van der Waals surface area contributed by atoms with E-state index < -0.39 is 5.82 Å². The van der Waals surface area contributed by atoms with E-state index in [9.17, 15) is 14.3 Å². The Balaban J connectivity index is 1.49. The van der Waals surface area contributed by atoms with Crippen LogP contribution in [-0.4, -0.2) is 38.3 Å². The molecule has 0 aliphatic rings. The number of amides is 1. The van der Waals surface area contributed by atoms with Crippen LogP contribution in [0.3, 0.4) is 0 Å². The van der Waals surface area contributed by atoms with Gasteiger partial charge in [-0.25, -0.2) is 14.4 Å². The molecular weight excluding hydrogens is 391 g/mol. The van der Waals surface area contributed by atoms with Crippen LogP contribution in [0.5, 0.6) is 11.5 Å². The molecule has 0 unspecified atom stereocenters. The maximum Gasteiger partial charge on any atom is 0.230 e. The number of H-pyrrole nitrogens is 1. The SMILES string of the molecule is COc1cc(O)c2c(Nc3cc(CC(=O)Nc4cccc(F)c4)[nH]n3)ncnc2c1. The summed E-state index contributed by atoms with van der Waals surface area (Å²) in [6, 6.07) is 10.4. The lowest BCUT2D eigenvalue weighted by atomic mass is 10.2. The van der Waals surface area contributed by atoms with Crippen molar-refractivity contribution in [1.29, 1.82) is 0 Å². The van der Waals surface area contributed by atoms with Crippen molar-refractivity contribution in [2.75, 3.05) is 17.7 Å². The van der Waals surface area contributed by atoms with Crippen molar-refractivity contribution >= 4 is 34.1 Å². The number of hydrogen-bond acceptors (Lipinski definition) is 7. The standard InChI is InChI=1S/C20H17FN6O3/c1-30-14-8-15-19(16(28)9-14)20(23-10-22-15)25-17-6-13(26-27-17)7-18(29)24-12-4-2-3-11(21)5-12/h2-6,8-10,28H,7H2,1H3,(H,24,29)(H2,22,23,25,26,27). The molecule has 2 heterocycles. The summed E-state index contributed by atoms with van der Waals surface area (Å²) in [6.45, 7) is 0. The van der Waals surface area contributed by atoms with Crippen LogP contribution in [-0.2, 0) is 11.2 Å². The highest BCUT2D eigenvalue weighted by Gasteiger charge is 2.13. The predicted octanol–water partition coefficient (Wildman–Crippen LogP) is 3.13. The maximum atomic E-state index is 13.2. The first kappa shape index (κ1) is 19.1. The number of hydrogen-bond donors (Lipinski definition) is 4. The zero-order valence-electron chi connectivity index (χ0n) is 15.8. The van der Waals surface area contributed by atoms with Crippen LogP contribution in [0.2, 0.25) is 0 Å². The summed E-state index contributed by atoms with van der Waals surface area (Å²) in [4.78, 5) is 20.5. The van der Waals surface area contributed by atoms with Crippen molar-refractivity contribution < 1.29 is 19.0 Å². The quantitative estimate of drug-likeness (QED) is 0.386. The van der Waals surface area contributed by atoms with Crippen molar-refractivity contribution in [3.63, 3.8) is 0 Å². The molecular formula is C20H17FN6O3. The van der Waals surface area contributed by atoms with Crippen LogP contribution >= 0.6 is 0 Å². The molecule has 2 aromatic heterocycles. The van der Waals surface area contributed by atoms with Gasteiger partial charge in [0.15, 0.2) is 5.82 Å². The number of nitrogens with one attached hydrogen (secondary N) is 3. The van der Waals surface area contributed by atoms with Crippen LogP contribution in [0.25, 0.3) is 10.9 Å². The number of carbonyl (C=O) groups excluding carboxylic acids is 1. The highest BCUT2D eigenvalue weighted by Crippen LogP contribution is 2.34. The van der Waals surface area contributed by atoms with E-state index in [1.165, 1.54) is 37.7 Å². The van der Waals surface area contributed by atoms with E-state index in [1.807, 2.05) is 0 Å². The number of aromatic amines is 1. The number of anilines is 3. The number of halogens is 1. The van der Waals surface area contributed by atoms with Gasteiger partial charge in [-0.15, -0.1) is 0 Å². The molecule has 0 bridgehead atoms. The van der Waals surface area contributed by atoms with Gasteiger partial charge in [-0.2, -0.15) is 5.10 Å². The summed E-state index contributed by atoms with van der Waals surface area (Å²) in [6.07, 6.45) is 1.36. The normalized spacial score (nSPS) is 10.7. The zero-order chi connectivity index (χ0) is 21.1. The molecule has 4 aromatic rings. The average Bonchev–Trinajstić information content (AvgIpc) is 3.14. The molecule has 0 atom stereocenters. The molecule has 0 aliphatic heterocycles. The Kier molecular flexibility index (Phi) is 5.12. The molecule has 0 fully saturated rings. The summed E-state index contributed by atoms with van der Waals surface area (Å²) in [5.41, 5.74) is 1.40. The van der Waals surface area contributed by atoms with Gasteiger partial charge in [-0.3, -0.25) is 9.89 Å². The molecule has 0 saturated heterocycles. The van der Waals surface area contributed by atoms with Gasteiger partial charge >= 0.3 is 0 Å². The summed E-state index contributed by atoms with van der Waals surface area (Å²) in [7, 11) is 1.50. The van der Waals surface area contributed by atoms with Crippen molar-refractivity contribution in [3.05, 3.63) is 60.3 Å². The van der Waals surface area contributed by atoms with E-state index in [4.69, 9.17) is 4.74 Å². The summed E-state index contributed by atoms with van der Waals surface area (Å²) in [5, 5.41) is 23.2. The lowest BCUT2D eigenvalue weighted by molar-refractivity contribution is -0.115. The first-order valence-electron chi connectivity index (χ1n) is 8.90. The molecule has 0 saturated carbocycles. The largest absolute Gasteiger partial charge is 0.507 e. The number of phenols is 1. The monoisotopic (exact) mass is 408 g/mol. The van der Waals surface area contributed by atoms with Gasteiger partial charge in [0, 0.05) is 29.6 Å². The fraction of sp³-hybridized carbons (Fsp3) is 0.100. The van der Waals surface area contributed by atoms with E-state index in [-0.39, 0.29) is 18.1 Å². The molecule has 4 N–H and O–H groups in total. The van der Waals surface area contributed by atoms with E-state index in [0.717, 1.165) is 0 Å². The first-order valence-corrected chi connectivity index (χ1v) is 8.90. The van der Waals surface area contributed by atoms with E-state index in [1.54, 1.807) is 18.2 Å². The van der Waals surface area contributed by atoms with Gasteiger partial charge in [0.05, 0.1) is 24.4 Å². The number of phenolic OH excluding ortho intramolecular Hbond substituents is 1. The molecule has 0 aliphatic carbocycles. The average molecular weight is 408 g/mol. The maximum absolute atomic E-state index is 13.2. The van der Waals surface area contributed by atoms with Crippen LogP contribution in [0.4, 0.5) is 21.7 Å². The van der Waals surface area contributed by atoms with Crippen molar-refractivity contribution in [2.24, 2.45) is 0 Å². The third-order valence-electron chi connectivity index (χ3n) is 4.26. The van der Waals surface area contributed by atoms with Crippen LogP contribution < -0.4 is 15.4 Å². The zero-order valence-corrected chi connectivity index (χ0v) is 15.8. The molecule has 0 radical (unpaired) electrons. The summed E-state index contributed by atoms with van der Waals surface area (Å²) < 4.78 is 18.4. The second-order valence-electron chi connectivity index (χ2n) is 6.40. The molecule has 1 amide bonds. The third kappa shape index (κ3) is 4.12. The van der Waals surface area contributed by atoms with Crippen LogP contribution in [0.15, 0.2) is 48.8 Å². The molecule has 9 nitrogen and oxygen atoms in total. The first-order chi connectivity index (χ1) is 14.5. The predicted molar refractivity (Wildman–Crippen MR) is 108 cm³/mol. The Morgan fingerprint density at radius 3 is 2.90 bits per heavy atom. The Labute approximate surface area is 169 Å². The smallest absolute Gasteiger partial charge is 0.230 e. The number of aromatic nitrogens is 4. The Morgan fingerprint density at radius 2 is 2.10 bits per heavy atom. The number of aromatic hydroxyl groups is 1. The van der Waals surface area contributed by atoms with E-state index >= 15 is 0 Å². The van der Waals surface area contributed by atoms with Gasteiger partial charge in [-0.1, -0.05) is 6.07 Å². The topological polar surface area (TPSA) is 125 Å². The Bertz CT molecular complexity index is 1230. The number of fused-ring (bicyclic) bond motifs is 1. The van der Waals surface area contributed by atoms with Crippen molar-refractivity contribution in [1.82, 2.24) is 20.2 Å². The van der Waals surface area contributed by atoms with Gasteiger partial charge in [0.2, 0.25) is 5.91 Å². The van der Waals surface area contributed by atoms with E-state index in [2.05, 4.69) is 30.8 Å². The third-order valence-corrected chi connectivity index (χ3v) is 4.26. The fourth-order valence-corrected chi connectivity index (χ4v) is 2.94. The number of benzene rings is 2. The minimum absolute atomic E-state index is 0.0121. The fourth-order valence-electron chi connectivity index (χ4n) is 2.94. The molecule has 0 spiro atoms. The molecule has 30 heavy (non-hydrogen) atoms. The number of ether oxygens (including phenoxy) is 1. The highest BCUT2D eigenvalue weighted by molar-refractivity contribution is 5.96. The van der Waals surface area contributed by atoms with Crippen molar-refractivity contribution in [2.45, 2.75) is 6.42 Å². The van der Waals surface area contributed by atoms with Crippen molar-refractivity contribution in [3.8, 4) is 11.5 Å². The van der Waals surface area contributed by atoms with Gasteiger partial charge in [0.25, 0.3) is 0 Å². The molecule has 4 rings (SSSR count). The van der Waals surface area contributed by atoms with Gasteiger partial charge in [-0.05, 0) is 18.2 Å². The minimum Gasteiger partial charge on any atom is -0.507 e. The lowest BCUT2D eigenvalue weighted by Crippen LogP contribution is -2.14. The number of rotatable bonds is 6. The lowest BCUT2D eigenvalue weighted by Gasteiger charge is -2.09. The Hall–Kier alpha value is -4.21. The van der Waals surface area contributed by atoms with Gasteiger partial charge < -0.3 is 20.5 Å². The van der Waals surface area contributed by atoms with Crippen LogP contribution in [0.1, 0.15) is 5.69 Å². The molecule has 2 aromatic carbocycles. The number of carbonyl (C=O) groups is 1. The summed E-state index contributed by atoms with van der Waals surface area (Å²) >= 11 is 0. The minimum atomic E-state index is -0.432. The second kappa shape index (κ2) is 8.03. The second-order valence-corrected chi connectivity index (χ2v) is 6.40. The highest BCUT2D eigenvalue weighted by atomic mass is 19.1.